The molecule has 2 aromatic carbocycles. The van der Waals surface area contributed by atoms with Gasteiger partial charge in [0.1, 0.15) is 30.0 Å². The lowest BCUT2D eigenvalue weighted by molar-refractivity contribution is -0.950. The predicted molar refractivity (Wildman–Crippen MR) is 125 cm³/mol. The molecule has 2 saturated heterocycles. The third kappa shape index (κ3) is 3.72. The van der Waals surface area contributed by atoms with E-state index in [0.29, 0.717) is 66.0 Å². The smallest absolute Gasteiger partial charge is 0.331 e. The zero-order valence-electron chi connectivity index (χ0n) is 19.3. The van der Waals surface area contributed by atoms with Gasteiger partial charge >= 0.3 is 5.97 Å². The van der Waals surface area contributed by atoms with E-state index in [1.54, 1.807) is 36.4 Å². The summed E-state index contributed by atoms with van der Waals surface area (Å²) in [4.78, 5) is 12.6. The molecule has 0 radical (unpaired) electrons. The number of quaternary nitrogens is 1. The number of aliphatic hydroxyl groups excluding tert-OH is 1. The van der Waals surface area contributed by atoms with Gasteiger partial charge in [-0.3, -0.25) is 0 Å². The van der Waals surface area contributed by atoms with Crippen LogP contribution in [0.5, 0.6) is 17.2 Å². The number of aromatic hydroxyl groups is 1. The normalized spacial score (nSPS) is 31.1. The van der Waals surface area contributed by atoms with Crippen molar-refractivity contribution in [3.8, 4) is 28.4 Å². The number of phenols is 1. The Balaban J connectivity index is 1.80. The first-order chi connectivity index (χ1) is 16.3. The van der Waals surface area contributed by atoms with Gasteiger partial charge < -0.3 is 34.3 Å². The lowest BCUT2D eigenvalue weighted by atomic mass is 9.80. The second kappa shape index (κ2) is 8.61. The van der Waals surface area contributed by atoms with Gasteiger partial charge in [-0.1, -0.05) is 6.07 Å². The van der Waals surface area contributed by atoms with Gasteiger partial charge in [0.2, 0.25) is 0 Å². The molecule has 34 heavy (non-hydrogen) atoms. The fourth-order valence-corrected chi connectivity index (χ4v) is 5.82. The molecule has 1 unspecified atom stereocenters. The third-order valence-corrected chi connectivity index (χ3v) is 7.45. The highest BCUT2D eigenvalue weighted by atomic mass is 16.6. The minimum atomic E-state index is -0.779. The Morgan fingerprint density at radius 2 is 1.82 bits per heavy atom. The summed E-state index contributed by atoms with van der Waals surface area (Å²) < 4.78 is 16.3. The number of rotatable bonds is 2. The molecule has 0 saturated carbocycles. The van der Waals surface area contributed by atoms with Crippen LogP contribution in [0.4, 0.5) is 0 Å². The van der Waals surface area contributed by atoms with Crippen LogP contribution < -0.4 is 9.47 Å². The first-order valence-electron chi connectivity index (χ1n) is 11.6. The van der Waals surface area contributed by atoms with Gasteiger partial charge in [-0.05, 0) is 54.3 Å². The number of ether oxygens (including phenoxy) is 3. The van der Waals surface area contributed by atoms with Crippen molar-refractivity contribution in [1.29, 1.82) is 0 Å². The number of piperidine rings is 2. The van der Waals surface area contributed by atoms with Crippen LogP contribution in [0.2, 0.25) is 0 Å². The number of carbonyl (C=O) groups excluding carboxylic acids is 1. The molecule has 0 aromatic heterocycles. The van der Waals surface area contributed by atoms with Gasteiger partial charge in [-0.25, -0.2) is 4.79 Å². The summed E-state index contributed by atoms with van der Waals surface area (Å²) in [6.07, 6.45) is 3.45. The van der Waals surface area contributed by atoms with E-state index in [0.717, 1.165) is 0 Å². The average molecular weight is 468 g/mol. The largest absolute Gasteiger partial charge is 0.632 e. The van der Waals surface area contributed by atoms with E-state index >= 15 is 0 Å². The van der Waals surface area contributed by atoms with E-state index in [1.165, 1.54) is 20.3 Å². The monoisotopic (exact) mass is 467 g/mol. The molecule has 5 rings (SSSR count). The molecule has 4 bridgehead atoms. The fraction of sp³-hybridized carbons (Fsp3) is 0.423. The fourth-order valence-electron chi connectivity index (χ4n) is 5.82. The summed E-state index contributed by atoms with van der Waals surface area (Å²) in [5, 5.41) is 36.1. The molecule has 3 aliphatic heterocycles. The molecule has 2 fully saturated rings. The molecule has 180 valence electrons. The molecule has 0 amide bonds. The zero-order chi connectivity index (χ0) is 24.0. The number of esters is 1. The van der Waals surface area contributed by atoms with E-state index in [4.69, 9.17) is 14.2 Å². The van der Waals surface area contributed by atoms with Crippen molar-refractivity contribution in [3.63, 3.8) is 0 Å². The van der Waals surface area contributed by atoms with E-state index in [2.05, 4.69) is 0 Å². The van der Waals surface area contributed by atoms with Crippen molar-refractivity contribution in [2.75, 3.05) is 20.8 Å². The molecular weight excluding hydrogens is 438 g/mol. The molecule has 3 heterocycles. The van der Waals surface area contributed by atoms with Crippen LogP contribution in [-0.2, 0) is 9.53 Å². The number of hydrogen-bond donors (Lipinski definition) is 2. The van der Waals surface area contributed by atoms with Gasteiger partial charge in [-0.2, -0.15) is 0 Å². The Kier molecular flexibility index (Phi) is 5.75. The van der Waals surface area contributed by atoms with Crippen LogP contribution in [0.3, 0.4) is 0 Å². The summed E-state index contributed by atoms with van der Waals surface area (Å²) in [6, 6.07) is 7.35. The number of phenolic OH excluding ortho intramolecular Hbond substituents is 1. The Hall–Kier alpha value is -3.07. The molecule has 2 aromatic rings. The summed E-state index contributed by atoms with van der Waals surface area (Å²) in [5.41, 5.74) is 2.54. The number of nitrogens with zero attached hydrogens (tertiary/aromatic N) is 1. The van der Waals surface area contributed by atoms with E-state index in [9.17, 15) is 20.2 Å². The number of methoxy groups -OCH3 is 2. The highest BCUT2D eigenvalue weighted by Gasteiger charge is 2.51. The van der Waals surface area contributed by atoms with Gasteiger partial charge in [0.05, 0.1) is 20.8 Å². The number of benzene rings is 2. The molecule has 2 N–H and O–H groups in total. The van der Waals surface area contributed by atoms with Crippen LogP contribution in [0.25, 0.3) is 17.2 Å². The second-order valence-corrected chi connectivity index (χ2v) is 9.31. The van der Waals surface area contributed by atoms with Crippen molar-refractivity contribution < 1.29 is 33.9 Å². The van der Waals surface area contributed by atoms with Crippen LogP contribution in [0.15, 0.2) is 36.4 Å². The highest BCUT2D eigenvalue weighted by molar-refractivity contribution is 5.88. The molecular formula is C26H29NO7. The molecule has 8 nitrogen and oxygen atoms in total. The minimum absolute atomic E-state index is 0.0466. The number of hydroxylamine groups is 3. The number of aliphatic hydroxyl groups is 1. The Labute approximate surface area is 198 Å². The van der Waals surface area contributed by atoms with Crippen LogP contribution in [0.1, 0.15) is 42.9 Å². The van der Waals surface area contributed by atoms with Crippen molar-refractivity contribution in [3.05, 3.63) is 52.7 Å². The summed E-state index contributed by atoms with van der Waals surface area (Å²) in [6.45, 7) is 0.354. The van der Waals surface area contributed by atoms with Crippen molar-refractivity contribution in [1.82, 2.24) is 0 Å². The van der Waals surface area contributed by atoms with E-state index in [-0.39, 0.29) is 5.75 Å². The number of carbonyl (C=O) groups is 1. The topological polar surface area (TPSA) is 108 Å². The quantitative estimate of drug-likeness (QED) is 0.394. The van der Waals surface area contributed by atoms with Gasteiger partial charge in [-0.15, -0.1) is 0 Å². The molecule has 0 aliphatic carbocycles. The van der Waals surface area contributed by atoms with Crippen LogP contribution in [-0.4, -0.2) is 59.8 Å². The van der Waals surface area contributed by atoms with Gasteiger partial charge in [0, 0.05) is 30.0 Å². The summed E-state index contributed by atoms with van der Waals surface area (Å²) in [5.74, 6) is 0.483. The minimum Gasteiger partial charge on any atom is -0.632 e. The highest BCUT2D eigenvalue weighted by Crippen LogP contribution is 2.51. The zero-order valence-corrected chi connectivity index (χ0v) is 19.3. The van der Waals surface area contributed by atoms with Crippen molar-refractivity contribution >= 4 is 12.0 Å². The Morgan fingerprint density at radius 1 is 1.06 bits per heavy atom. The maximum Gasteiger partial charge on any atom is 0.331 e. The SMILES string of the molecule is COc1cc2c(cc1OC)[C@@H]1C[C@H](C[C@H]3[C@H](O)CCC[N+]13[O-])OC(=O)/C=C\c1ccc(O)c-2c1. The predicted octanol–water partition coefficient (Wildman–Crippen LogP) is 3.69. The van der Waals surface area contributed by atoms with Crippen LogP contribution >= 0.6 is 0 Å². The number of fused-ring (bicyclic) bond motifs is 9. The lowest BCUT2D eigenvalue weighted by Crippen LogP contribution is -2.65. The van der Waals surface area contributed by atoms with Gasteiger partial charge in [0.25, 0.3) is 0 Å². The molecule has 5 atom stereocenters. The first kappa shape index (κ1) is 22.7. The average Bonchev–Trinajstić information content (AvgIpc) is 2.82. The first-order valence-corrected chi connectivity index (χ1v) is 11.6. The van der Waals surface area contributed by atoms with Gasteiger partial charge in [0.15, 0.2) is 11.5 Å². The molecule has 3 aliphatic rings. The third-order valence-electron chi connectivity index (χ3n) is 7.45. The maximum atomic E-state index is 14.5. The van der Waals surface area contributed by atoms with E-state index in [1.807, 2.05) is 0 Å². The second-order valence-electron chi connectivity index (χ2n) is 9.31. The lowest BCUT2D eigenvalue weighted by Gasteiger charge is -2.61. The summed E-state index contributed by atoms with van der Waals surface area (Å²) >= 11 is 0. The van der Waals surface area contributed by atoms with Crippen molar-refractivity contribution in [2.24, 2.45) is 0 Å². The number of hydrogen-bond acceptors (Lipinski definition) is 7. The summed E-state index contributed by atoms with van der Waals surface area (Å²) in [7, 11) is 3.07. The molecule has 8 heteroatoms. The molecule has 0 spiro atoms. The standard InChI is InChI=1S/C26H29NO7/c1-32-24-13-17-18(14-25(24)33-2)20-11-16(12-21-23(29)4-3-9-27(20,21)31)34-26(30)8-6-15-5-7-22(28)19(17)10-15/h5-8,10,13-14,16,20-21,23,28-29H,3-4,9,11-12H2,1-2H3/b8-6-/t16-,20+,21+,23-,27?/m1/s1. The van der Waals surface area contributed by atoms with Crippen LogP contribution in [0, 0.1) is 5.21 Å². The van der Waals surface area contributed by atoms with E-state index < -0.39 is 34.9 Å². The maximum absolute atomic E-state index is 14.5. The Morgan fingerprint density at radius 3 is 2.59 bits per heavy atom. The Bertz CT molecular complexity index is 1150. The van der Waals surface area contributed by atoms with Crippen molar-refractivity contribution in [2.45, 2.75) is 50.0 Å².